The van der Waals surface area contributed by atoms with Crippen LogP contribution in [-0.4, -0.2) is 34.5 Å². The van der Waals surface area contributed by atoms with E-state index in [1.54, 1.807) is 13.8 Å². The van der Waals surface area contributed by atoms with Gasteiger partial charge in [-0.2, -0.15) is 0 Å². The SMILES string of the molecule is CC(N)C(O)C(O)C(C)N. The first-order valence-electron chi connectivity index (χ1n) is 3.34. The molecule has 62 valence electrons. The standard InChI is InChI=1S/C6H16N2O2/c1-3(7)5(9)6(10)4(2)8/h3-6,9-10H,7-8H2,1-2H3. The molecule has 4 atom stereocenters. The van der Waals surface area contributed by atoms with Crippen LogP contribution in [0.1, 0.15) is 13.8 Å². The number of rotatable bonds is 3. The topological polar surface area (TPSA) is 92.5 Å². The van der Waals surface area contributed by atoms with E-state index < -0.39 is 24.3 Å². The summed E-state index contributed by atoms with van der Waals surface area (Å²) in [6, 6.07) is -0.887. The van der Waals surface area contributed by atoms with Crippen molar-refractivity contribution in [3.05, 3.63) is 0 Å². The number of hydrogen-bond acceptors (Lipinski definition) is 4. The Kier molecular flexibility index (Phi) is 3.81. The van der Waals surface area contributed by atoms with E-state index in [1.807, 2.05) is 0 Å². The Morgan fingerprint density at radius 2 is 1.10 bits per heavy atom. The Morgan fingerprint density at radius 3 is 1.20 bits per heavy atom. The summed E-state index contributed by atoms with van der Waals surface area (Å²) < 4.78 is 0. The number of hydrogen-bond donors (Lipinski definition) is 4. The lowest BCUT2D eigenvalue weighted by Crippen LogP contribution is -2.48. The molecule has 4 nitrogen and oxygen atoms in total. The number of nitrogens with two attached hydrogens (primary N) is 2. The van der Waals surface area contributed by atoms with Gasteiger partial charge in [0.05, 0.1) is 12.2 Å². The van der Waals surface area contributed by atoms with Gasteiger partial charge in [0, 0.05) is 12.1 Å². The van der Waals surface area contributed by atoms with Crippen molar-refractivity contribution < 1.29 is 10.2 Å². The van der Waals surface area contributed by atoms with Crippen LogP contribution in [0, 0.1) is 0 Å². The van der Waals surface area contributed by atoms with Crippen LogP contribution in [0.5, 0.6) is 0 Å². The van der Waals surface area contributed by atoms with Crippen molar-refractivity contribution in [1.29, 1.82) is 0 Å². The first-order valence-corrected chi connectivity index (χ1v) is 3.34. The molecular formula is C6H16N2O2. The molecule has 0 aromatic rings. The van der Waals surface area contributed by atoms with Gasteiger partial charge in [0.25, 0.3) is 0 Å². The summed E-state index contributed by atoms with van der Waals surface area (Å²) in [6.07, 6.45) is -1.86. The molecule has 4 unspecified atom stereocenters. The highest BCUT2D eigenvalue weighted by atomic mass is 16.3. The lowest BCUT2D eigenvalue weighted by Gasteiger charge is -2.23. The lowest BCUT2D eigenvalue weighted by atomic mass is 10.0. The maximum atomic E-state index is 9.11. The van der Waals surface area contributed by atoms with Gasteiger partial charge in [0.2, 0.25) is 0 Å². The second kappa shape index (κ2) is 3.88. The molecule has 0 rings (SSSR count). The number of aliphatic hydroxyl groups excluding tert-OH is 2. The fourth-order valence-corrected chi connectivity index (χ4v) is 0.622. The van der Waals surface area contributed by atoms with Crippen LogP contribution in [0.25, 0.3) is 0 Å². The van der Waals surface area contributed by atoms with E-state index in [2.05, 4.69) is 0 Å². The summed E-state index contributed by atoms with van der Waals surface area (Å²) in [5.41, 5.74) is 10.6. The van der Waals surface area contributed by atoms with Gasteiger partial charge in [-0.3, -0.25) is 0 Å². The normalized spacial score (nSPS) is 23.4. The second-order valence-corrected chi connectivity index (χ2v) is 2.70. The molecule has 6 N–H and O–H groups in total. The van der Waals surface area contributed by atoms with Crippen LogP contribution in [0.4, 0.5) is 0 Å². The first-order chi connectivity index (χ1) is 4.46. The molecule has 4 heteroatoms. The summed E-state index contributed by atoms with van der Waals surface area (Å²) >= 11 is 0. The highest BCUT2D eigenvalue weighted by molar-refractivity contribution is 4.80. The predicted molar refractivity (Wildman–Crippen MR) is 39.3 cm³/mol. The molecule has 0 aromatic heterocycles. The maximum Gasteiger partial charge on any atom is 0.0961 e. The van der Waals surface area contributed by atoms with Gasteiger partial charge < -0.3 is 21.7 Å². The molecule has 0 aliphatic heterocycles. The molecule has 0 bridgehead atoms. The van der Waals surface area contributed by atoms with E-state index >= 15 is 0 Å². The van der Waals surface area contributed by atoms with Crippen molar-refractivity contribution in [2.24, 2.45) is 11.5 Å². The highest BCUT2D eigenvalue weighted by Crippen LogP contribution is 2.00. The summed E-state index contributed by atoms with van der Waals surface area (Å²) in [4.78, 5) is 0. The molecule has 0 heterocycles. The zero-order valence-electron chi connectivity index (χ0n) is 6.36. The van der Waals surface area contributed by atoms with Crippen LogP contribution in [0.15, 0.2) is 0 Å². The van der Waals surface area contributed by atoms with E-state index in [0.717, 1.165) is 0 Å². The molecule has 0 aliphatic carbocycles. The highest BCUT2D eigenvalue weighted by Gasteiger charge is 2.22. The second-order valence-electron chi connectivity index (χ2n) is 2.70. The molecule has 10 heavy (non-hydrogen) atoms. The van der Waals surface area contributed by atoms with Crippen LogP contribution >= 0.6 is 0 Å². The van der Waals surface area contributed by atoms with Gasteiger partial charge >= 0.3 is 0 Å². The average Bonchev–Trinajstić information content (AvgIpc) is 1.84. The molecule has 0 amide bonds. The minimum atomic E-state index is -0.931. The van der Waals surface area contributed by atoms with Gasteiger partial charge in [-0.05, 0) is 13.8 Å². The zero-order valence-corrected chi connectivity index (χ0v) is 6.36. The minimum absolute atomic E-state index is 0.444. The molecule has 0 spiro atoms. The molecule has 0 saturated carbocycles. The van der Waals surface area contributed by atoms with Crippen molar-refractivity contribution in [3.63, 3.8) is 0 Å². The van der Waals surface area contributed by atoms with E-state index in [0.29, 0.717) is 0 Å². The Labute approximate surface area is 60.8 Å². The van der Waals surface area contributed by atoms with Crippen molar-refractivity contribution in [2.75, 3.05) is 0 Å². The van der Waals surface area contributed by atoms with E-state index in [9.17, 15) is 0 Å². The third-order valence-electron chi connectivity index (χ3n) is 1.43. The molecule has 0 radical (unpaired) electrons. The van der Waals surface area contributed by atoms with Crippen molar-refractivity contribution in [2.45, 2.75) is 38.1 Å². The predicted octanol–water partition coefficient (Wildman–Crippen LogP) is -1.60. The third-order valence-corrected chi connectivity index (χ3v) is 1.43. The molecule has 0 saturated heterocycles. The van der Waals surface area contributed by atoms with E-state index in [1.165, 1.54) is 0 Å². The van der Waals surface area contributed by atoms with Crippen LogP contribution in [0.3, 0.4) is 0 Å². The van der Waals surface area contributed by atoms with E-state index in [-0.39, 0.29) is 0 Å². The quantitative estimate of drug-likeness (QED) is 0.388. The molecular weight excluding hydrogens is 132 g/mol. The summed E-state index contributed by atoms with van der Waals surface area (Å²) in [6.45, 7) is 3.24. The van der Waals surface area contributed by atoms with Gasteiger partial charge in [0.15, 0.2) is 0 Å². The van der Waals surface area contributed by atoms with Gasteiger partial charge in [-0.25, -0.2) is 0 Å². The van der Waals surface area contributed by atoms with Gasteiger partial charge in [-0.15, -0.1) is 0 Å². The smallest absolute Gasteiger partial charge is 0.0961 e. The monoisotopic (exact) mass is 148 g/mol. The van der Waals surface area contributed by atoms with Crippen LogP contribution in [0.2, 0.25) is 0 Å². The maximum absolute atomic E-state index is 9.11. The Bertz CT molecular complexity index is 83.7. The van der Waals surface area contributed by atoms with Crippen LogP contribution in [-0.2, 0) is 0 Å². The zero-order chi connectivity index (χ0) is 8.31. The molecule has 0 aromatic carbocycles. The van der Waals surface area contributed by atoms with E-state index in [4.69, 9.17) is 21.7 Å². The van der Waals surface area contributed by atoms with Gasteiger partial charge in [-0.1, -0.05) is 0 Å². The third kappa shape index (κ3) is 2.62. The minimum Gasteiger partial charge on any atom is -0.389 e. The fraction of sp³-hybridized carbons (Fsp3) is 1.00. The van der Waals surface area contributed by atoms with Gasteiger partial charge in [0.1, 0.15) is 0 Å². The molecule has 0 fully saturated rings. The Balaban J connectivity index is 3.81. The molecule has 0 aliphatic rings. The number of aliphatic hydroxyl groups is 2. The summed E-state index contributed by atoms with van der Waals surface area (Å²) in [7, 11) is 0. The lowest BCUT2D eigenvalue weighted by molar-refractivity contribution is -0.00353. The van der Waals surface area contributed by atoms with Crippen LogP contribution < -0.4 is 11.5 Å². The fourth-order valence-electron chi connectivity index (χ4n) is 0.622. The average molecular weight is 148 g/mol. The van der Waals surface area contributed by atoms with Crippen molar-refractivity contribution >= 4 is 0 Å². The summed E-state index contributed by atoms with van der Waals surface area (Å²) in [5, 5.41) is 18.2. The first kappa shape index (κ1) is 9.84. The Morgan fingerprint density at radius 1 is 0.900 bits per heavy atom. The largest absolute Gasteiger partial charge is 0.389 e. The van der Waals surface area contributed by atoms with Crippen molar-refractivity contribution in [1.82, 2.24) is 0 Å². The summed E-state index contributed by atoms with van der Waals surface area (Å²) in [5.74, 6) is 0. The Hall–Kier alpha value is -0.160. The van der Waals surface area contributed by atoms with Crippen molar-refractivity contribution in [3.8, 4) is 0 Å².